The lowest BCUT2D eigenvalue weighted by Crippen LogP contribution is -2.52. The first-order valence-corrected chi connectivity index (χ1v) is 8.25. The van der Waals surface area contributed by atoms with E-state index in [0.29, 0.717) is 18.5 Å². The molecule has 0 bridgehead atoms. The van der Waals surface area contributed by atoms with Gasteiger partial charge in [0.2, 0.25) is 5.91 Å². The van der Waals surface area contributed by atoms with E-state index in [-0.39, 0.29) is 5.91 Å². The van der Waals surface area contributed by atoms with Crippen LogP contribution in [0.4, 0.5) is 0 Å². The van der Waals surface area contributed by atoms with E-state index in [9.17, 15) is 10.1 Å². The topological polar surface area (TPSA) is 68.2 Å². The highest BCUT2D eigenvalue weighted by atomic mass is 16.2. The standard InChI is InChI=1S/C16H28N4O/c1-3-20(10-14-6-4-5-9-18-14)11-15(21)19-16(2,12-17)13-7-8-13/h13-14,18H,3-11H2,1-2H3,(H,19,21). The average Bonchev–Trinajstić information content (AvgIpc) is 3.32. The quantitative estimate of drug-likeness (QED) is 0.741. The Labute approximate surface area is 128 Å². The number of carbonyl (C=O) groups is 1. The normalized spacial score (nSPS) is 25.1. The lowest BCUT2D eigenvalue weighted by Gasteiger charge is -2.30. The van der Waals surface area contributed by atoms with Crippen LogP contribution >= 0.6 is 0 Å². The minimum absolute atomic E-state index is 0.0244. The van der Waals surface area contributed by atoms with Crippen molar-refractivity contribution in [2.24, 2.45) is 5.92 Å². The smallest absolute Gasteiger partial charge is 0.235 e. The molecule has 2 unspecified atom stereocenters. The molecule has 1 amide bonds. The van der Waals surface area contributed by atoms with Gasteiger partial charge in [0.15, 0.2) is 0 Å². The summed E-state index contributed by atoms with van der Waals surface area (Å²) in [6.07, 6.45) is 5.82. The minimum atomic E-state index is -0.681. The molecule has 5 nitrogen and oxygen atoms in total. The molecule has 5 heteroatoms. The van der Waals surface area contributed by atoms with Gasteiger partial charge in [-0.25, -0.2) is 0 Å². The molecule has 21 heavy (non-hydrogen) atoms. The number of rotatable bonds is 7. The second-order valence-corrected chi connectivity index (χ2v) is 6.61. The number of nitrogens with zero attached hydrogens (tertiary/aromatic N) is 2. The fraction of sp³-hybridized carbons (Fsp3) is 0.875. The molecule has 0 aromatic rings. The van der Waals surface area contributed by atoms with E-state index < -0.39 is 5.54 Å². The number of nitriles is 1. The summed E-state index contributed by atoms with van der Waals surface area (Å²) in [5.74, 6) is 0.310. The first-order chi connectivity index (χ1) is 10.1. The van der Waals surface area contributed by atoms with Gasteiger partial charge >= 0.3 is 0 Å². The van der Waals surface area contributed by atoms with Crippen molar-refractivity contribution in [2.45, 2.75) is 57.5 Å². The van der Waals surface area contributed by atoms with Crippen LogP contribution < -0.4 is 10.6 Å². The van der Waals surface area contributed by atoms with E-state index in [4.69, 9.17) is 0 Å². The van der Waals surface area contributed by atoms with Crippen molar-refractivity contribution in [3.8, 4) is 6.07 Å². The van der Waals surface area contributed by atoms with Crippen molar-refractivity contribution in [3.63, 3.8) is 0 Å². The molecule has 2 atom stereocenters. The molecular weight excluding hydrogens is 264 g/mol. The summed E-state index contributed by atoms with van der Waals surface area (Å²) < 4.78 is 0. The predicted octanol–water partition coefficient (Wildman–Crippen LogP) is 1.26. The second-order valence-electron chi connectivity index (χ2n) is 6.61. The Kier molecular flexibility index (Phi) is 5.60. The van der Waals surface area contributed by atoms with Crippen LogP contribution in [0.2, 0.25) is 0 Å². The molecule has 2 aliphatic rings. The van der Waals surface area contributed by atoms with E-state index in [0.717, 1.165) is 32.5 Å². The summed E-state index contributed by atoms with van der Waals surface area (Å²) >= 11 is 0. The van der Waals surface area contributed by atoms with Gasteiger partial charge in [0.25, 0.3) is 0 Å². The number of likely N-dealkylation sites (N-methyl/N-ethyl adjacent to an activating group) is 1. The Bertz CT molecular complexity index is 396. The van der Waals surface area contributed by atoms with Gasteiger partial charge in [-0.3, -0.25) is 9.69 Å². The van der Waals surface area contributed by atoms with Gasteiger partial charge in [-0.15, -0.1) is 0 Å². The van der Waals surface area contributed by atoms with Crippen LogP contribution in [0.5, 0.6) is 0 Å². The largest absolute Gasteiger partial charge is 0.337 e. The Hall–Kier alpha value is -1.12. The molecular formula is C16H28N4O. The highest BCUT2D eigenvalue weighted by Gasteiger charge is 2.43. The lowest BCUT2D eigenvalue weighted by molar-refractivity contribution is -0.123. The van der Waals surface area contributed by atoms with Crippen LogP contribution in [0.15, 0.2) is 0 Å². The van der Waals surface area contributed by atoms with Crippen LogP contribution in [-0.2, 0) is 4.79 Å². The van der Waals surface area contributed by atoms with Gasteiger partial charge in [-0.1, -0.05) is 13.3 Å². The van der Waals surface area contributed by atoms with Gasteiger partial charge in [0.1, 0.15) is 5.54 Å². The number of nitrogens with one attached hydrogen (secondary N) is 2. The highest BCUT2D eigenvalue weighted by molar-refractivity contribution is 5.79. The zero-order valence-corrected chi connectivity index (χ0v) is 13.3. The van der Waals surface area contributed by atoms with Crippen LogP contribution in [0.3, 0.4) is 0 Å². The van der Waals surface area contributed by atoms with Crippen LogP contribution in [0, 0.1) is 17.2 Å². The summed E-state index contributed by atoms with van der Waals surface area (Å²) in [6, 6.07) is 2.78. The van der Waals surface area contributed by atoms with Crippen LogP contribution in [0.25, 0.3) is 0 Å². The number of carbonyl (C=O) groups excluding carboxylic acids is 1. The summed E-state index contributed by atoms with van der Waals surface area (Å²) in [6.45, 7) is 7.18. The van der Waals surface area contributed by atoms with Crippen molar-refractivity contribution in [1.29, 1.82) is 5.26 Å². The predicted molar refractivity (Wildman–Crippen MR) is 82.6 cm³/mol. The van der Waals surface area contributed by atoms with E-state index in [1.54, 1.807) is 0 Å². The third kappa shape index (κ3) is 4.69. The molecule has 1 saturated heterocycles. The van der Waals surface area contributed by atoms with Gasteiger partial charge in [0, 0.05) is 12.6 Å². The fourth-order valence-electron chi connectivity index (χ4n) is 3.11. The van der Waals surface area contributed by atoms with Crippen LogP contribution in [0.1, 0.15) is 46.0 Å². The molecule has 2 fully saturated rings. The van der Waals surface area contributed by atoms with Gasteiger partial charge in [-0.05, 0) is 51.6 Å². The number of amides is 1. The average molecular weight is 292 g/mol. The Morgan fingerprint density at radius 2 is 2.19 bits per heavy atom. The number of piperidine rings is 1. The molecule has 0 radical (unpaired) electrons. The summed E-state index contributed by atoms with van der Waals surface area (Å²) in [5, 5.41) is 15.8. The van der Waals surface area contributed by atoms with Crippen molar-refractivity contribution in [1.82, 2.24) is 15.5 Å². The van der Waals surface area contributed by atoms with E-state index in [1.165, 1.54) is 19.3 Å². The third-order valence-corrected chi connectivity index (χ3v) is 4.73. The molecule has 1 aliphatic carbocycles. The Balaban J connectivity index is 1.80. The lowest BCUT2D eigenvalue weighted by atomic mass is 9.98. The summed E-state index contributed by atoms with van der Waals surface area (Å²) in [4.78, 5) is 14.4. The number of hydrogen-bond acceptors (Lipinski definition) is 4. The fourth-order valence-corrected chi connectivity index (χ4v) is 3.11. The second kappa shape index (κ2) is 7.24. The Morgan fingerprint density at radius 3 is 2.71 bits per heavy atom. The van der Waals surface area contributed by atoms with Crippen molar-refractivity contribution in [2.75, 3.05) is 26.2 Å². The van der Waals surface area contributed by atoms with E-state index >= 15 is 0 Å². The molecule has 1 saturated carbocycles. The van der Waals surface area contributed by atoms with Gasteiger partial charge < -0.3 is 10.6 Å². The molecule has 118 valence electrons. The van der Waals surface area contributed by atoms with Crippen molar-refractivity contribution in [3.05, 3.63) is 0 Å². The maximum atomic E-state index is 12.2. The first-order valence-electron chi connectivity index (χ1n) is 8.25. The molecule has 0 aromatic carbocycles. The first kappa shape index (κ1) is 16.3. The monoisotopic (exact) mass is 292 g/mol. The van der Waals surface area contributed by atoms with E-state index in [1.807, 2.05) is 6.92 Å². The maximum Gasteiger partial charge on any atom is 0.235 e. The van der Waals surface area contributed by atoms with Crippen molar-refractivity contribution >= 4 is 5.91 Å². The molecule has 0 aromatic heterocycles. The van der Waals surface area contributed by atoms with Crippen molar-refractivity contribution < 1.29 is 4.79 Å². The molecule has 2 N–H and O–H groups in total. The number of hydrogen-bond donors (Lipinski definition) is 2. The SMILES string of the molecule is CCN(CC(=O)NC(C)(C#N)C1CC1)CC1CCCCN1. The maximum absolute atomic E-state index is 12.2. The highest BCUT2D eigenvalue weighted by Crippen LogP contribution is 2.39. The Morgan fingerprint density at radius 1 is 1.43 bits per heavy atom. The molecule has 0 spiro atoms. The molecule has 1 aliphatic heterocycles. The minimum Gasteiger partial charge on any atom is -0.337 e. The zero-order valence-electron chi connectivity index (χ0n) is 13.3. The van der Waals surface area contributed by atoms with Gasteiger partial charge in [-0.2, -0.15) is 5.26 Å². The summed E-state index contributed by atoms with van der Waals surface area (Å²) in [5.41, 5.74) is -0.681. The van der Waals surface area contributed by atoms with Gasteiger partial charge in [0.05, 0.1) is 12.6 Å². The third-order valence-electron chi connectivity index (χ3n) is 4.73. The molecule has 2 rings (SSSR count). The zero-order chi connectivity index (χ0) is 15.3. The van der Waals surface area contributed by atoms with E-state index in [2.05, 4.69) is 28.5 Å². The van der Waals surface area contributed by atoms with Crippen LogP contribution in [-0.4, -0.2) is 48.6 Å². The molecule has 1 heterocycles. The summed E-state index contributed by atoms with van der Waals surface area (Å²) in [7, 11) is 0.